The third kappa shape index (κ3) is 67.0. The van der Waals surface area contributed by atoms with Gasteiger partial charge in [0, 0.05) is 19.3 Å². The zero-order valence-corrected chi connectivity index (χ0v) is 53.5. The molecule has 0 aliphatic carbocycles. The first-order valence-electron chi connectivity index (χ1n) is 34.7. The number of allylic oxidation sites excluding steroid dienone is 16. The van der Waals surface area contributed by atoms with Crippen molar-refractivity contribution in [2.24, 2.45) is 0 Å². The minimum Gasteiger partial charge on any atom is -0.462 e. The summed E-state index contributed by atoms with van der Waals surface area (Å²) >= 11 is 0. The molecule has 0 radical (unpaired) electrons. The molecule has 0 saturated carbocycles. The quantitative estimate of drug-likeness (QED) is 0.0261. The SMILES string of the molecule is CC/C=C\C/C=C\C/C=C\C/C=C\C/C=C\C/C=C\C/C=C\CCCC(=O)OC(COC(=O)CCCCCCC/C=C\CCCCCCCC)COC(=O)CCCCCCCCCCCCCCCCCCCCCCCCCCC. The Hall–Kier alpha value is -3.67. The van der Waals surface area contributed by atoms with Gasteiger partial charge in [0.25, 0.3) is 0 Å². The maximum atomic E-state index is 12.9. The highest BCUT2D eigenvalue weighted by molar-refractivity contribution is 5.71. The predicted molar refractivity (Wildman–Crippen MR) is 353 cm³/mol. The lowest BCUT2D eigenvalue weighted by Gasteiger charge is -2.18. The topological polar surface area (TPSA) is 78.9 Å². The fraction of sp³-hybridized carbons (Fsp3) is 0.747. The summed E-state index contributed by atoms with van der Waals surface area (Å²) in [6, 6.07) is 0. The van der Waals surface area contributed by atoms with Crippen molar-refractivity contribution < 1.29 is 28.6 Å². The summed E-state index contributed by atoms with van der Waals surface area (Å²) in [6.45, 7) is 6.51. The van der Waals surface area contributed by atoms with E-state index in [0.717, 1.165) is 96.3 Å². The Bertz CT molecular complexity index is 1580. The molecule has 0 rings (SSSR count). The van der Waals surface area contributed by atoms with Crippen LogP contribution in [0.4, 0.5) is 0 Å². The van der Waals surface area contributed by atoms with E-state index in [4.69, 9.17) is 14.2 Å². The molecule has 1 atom stereocenters. The molecular weight excluding hydrogens is 997 g/mol. The average Bonchev–Trinajstić information content (AvgIpc) is 3.47. The van der Waals surface area contributed by atoms with E-state index >= 15 is 0 Å². The normalized spacial score (nSPS) is 12.7. The van der Waals surface area contributed by atoms with Crippen molar-refractivity contribution in [3.05, 3.63) is 97.2 Å². The molecule has 0 spiro atoms. The molecule has 0 aliphatic heterocycles. The van der Waals surface area contributed by atoms with Crippen molar-refractivity contribution in [3.8, 4) is 0 Å². The smallest absolute Gasteiger partial charge is 0.306 e. The molecule has 6 nitrogen and oxygen atoms in total. The second-order valence-electron chi connectivity index (χ2n) is 23.1. The number of ether oxygens (including phenoxy) is 3. The molecular formula is C75H130O6. The zero-order chi connectivity index (χ0) is 58.5. The highest BCUT2D eigenvalue weighted by atomic mass is 16.6. The summed E-state index contributed by atoms with van der Waals surface area (Å²) in [6.07, 6.45) is 93.0. The summed E-state index contributed by atoms with van der Waals surface area (Å²) in [7, 11) is 0. The molecule has 0 aromatic rings. The molecule has 0 bridgehead atoms. The van der Waals surface area contributed by atoms with Crippen LogP contribution in [0.15, 0.2) is 97.2 Å². The van der Waals surface area contributed by atoms with Gasteiger partial charge in [0.15, 0.2) is 6.10 Å². The Morgan fingerprint density at radius 1 is 0.259 bits per heavy atom. The van der Waals surface area contributed by atoms with E-state index in [1.54, 1.807) is 0 Å². The zero-order valence-electron chi connectivity index (χ0n) is 53.5. The third-order valence-electron chi connectivity index (χ3n) is 15.1. The maximum Gasteiger partial charge on any atom is 0.306 e. The maximum absolute atomic E-state index is 12.9. The second-order valence-corrected chi connectivity index (χ2v) is 23.1. The number of carbonyl (C=O) groups excluding carboxylic acids is 3. The average molecular weight is 1130 g/mol. The Morgan fingerprint density at radius 2 is 0.494 bits per heavy atom. The molecule has 0 heterocycles. The van der Waals surface area contributed by atoms with E-state index in [-0.39, 0.29) is 37.5 Å². The van der Waals surface area contributed by atoms with Crippen LogP contribution >= 0.6 is 0 Å². The van der Waals surface area contributed by atoms with Crippen molar-refractivity contribution >= 4 is 17.9 Å². The Morgan fingerprint density at radius 3 is 0.802 bits per heavy atom. The monoisotopic (exact) mass is 1130 g/mol. The van der Waals surface area contributed by atoms with Crippen molar-refractivity contribution in [2.75, 3.05) is 13.2 Å². The van der Waals surface area contributed by atoms with Crippen LogP contribution in [0, 0.1) is 0 Å². The molecule has 0 N–H and O–H groups in total. The van der Waals surface area contributed by atoms with E-state index in [1.165, 1.54) is 199 Å². The summed E-state index contributed by atoms with van der Waals surface area (Å²) in [5.41, 5.74) is 0. The van der Waals surface area contributed by atoms with Crippen LogP contribution in [-0.4, -0.2) is 37.2 Å². The first kappa shape index (κ1) is 77.3. The Balaban J connectivity index is 4.40. The fourth-order valence-electron chi connectivity index (χ4n) is 9.90. The fourth-order valence-corrected chi connectivity index (χ4v) is 9.90. The van der Waals surface area contributed by atoms with Crippen LogP contribution in [-0.2, 0) is 28.6 Å². The van der Waals surface area contributed by atoms with Gasteiger partial charge in [-0.05, 0) is 96.3 Å². The van der Waals surface area contributed by atoms with Crippen LogP contribution in [0.1, 0.15) is 342 Å². The van der Waals surface area contributed by atoms with Crippen LogP contribution in [0.2, 0.25) is 0 Å². The van der Waals surface area contributed by atoms with E-state index in [1.807, 2.05) is 0 Å². The lowest BCUT2D eigenvalue weighted by Crippen LogP contribution is -2.30. The van der Waals surface area contributed by atoms with Gasteiger partial charge in [-0.1, -0.05) is 323 Å². The lowest BCUT2D eigenvalue weighted by atomic mass is 10.0. The van der Waals surface area contributed by atoms with Crippen LogP contribution < -0.4 is 0 Å². The number of esters is 3. The van der Waals surface area contributed by atoms with Gasteiger partial charge in [-0.15, -0.1) is 0 Å². The Labute approximate surface area is 502 Å². The van der Waals surface area contributed by atoms with Gasteiger partial charge < -0.3 is 14.2 Å². The summed E-state index contributed by atoms with van der Waals surface area (Å²) in [4.78, 5) is 38.4. The van der Waals surface area contributed by atoms with E-state index in [9.17, 15) is 14.4 Å². The van der Waals surface area contributed by atoms with Crippen molar-refractivity contribution in [1.82, 2.24) is 0 Å². The summed E-state index contributed by atoms with van der Waals surface area (Å²) in [5.74, 6) is -0.954. The van der Waals surface area contributed by atoms with Gasteiger partial charge in [-0.2, -0.15) is 0 Å². The van der Waals surface area contributed by atoms with Gasteiger partial charge in [-0.3, -0.25) is 14.4 Å². The first-order chi connectivity index (χ1) is 40.0. The van der Waals surface area contributed by atoms with Gasteiger partial charge in [0.2, 0.25) is 0 Å². The molecule has 1 unspecified atom stereocenters. The van der Waals surface area contributed by atoms with E-state index in [0.29, 0.717) is 19.3 Å². The standard InChI is InChI=1S/C75H130O6/c1-4-7-10-13-16-19-22-25-28-30-32-34-36-37-39-40-42-44-47-50-53-56-59-62-65-68-74(77)80-71-72(70-79-73(76)67-64-61-58-55-52-49-46-27-24-21-18-15-12-9-6-3)81-75(78)69-66-63-60-57-54-51-48-45-43-41-38-35-33-31-29-26-23-20-17-14-11-8-5-2/h8,11,17,20,26-27,29,33,35,41,43,46,48,51,57,60,72H,4-7,9-10,12-16,18-19,21-25,28,30-32,34,36-40,42,44-45,47,49-50,52-56,58-59,61-71H2,1-3H3/b11-8-,20-17-,29-26-,35-33-,43-41-,46-27-,51-48-,60-57-. The largest absolute Gasteiger partial charge is 0.462 e. The second kappa shape index (κ2) is 68.8. The molecule has 466 valence electrons. The van der Waals surface area contributed by atoms with Gasteiger partial charge in [0.1, 0.15) is 13.2 Å². The van der Waals surface area contributed by atoms with Crippen molar-refractivity contribution in [3.63, 3.8) is 0 Å². The Kier molecular flexibility index (Phi) is 65.7. The highest BCUT2D eigenvalue weighted by Gasteiger charge is 2.19. The number of carbonyl (C=O) groups is 3. The minimum atomic E-state index is -0.813. The van der Waals surface area contributed by atoms with Crippen LogP contribution in [0.25, 0.3) is 0 Å². The molecule has 0 aliphatic rings. The van der Waals surface area contributed by atoms with Crippen molar-refractivity contribution in [2.45, 2.75) is 348 Å². The molecule has 0 fully saturated rings. The van der Waals surface area contributed by atoms with Gasteiger partial charge in [-0.25, -0.2) is 0 Å². The molecule has 81 heavy (non-hydrogen) atoms. The van der Waals surface area contributed by atoms with E-state index < -0.39 is 6.10 Å². The molecule has 6 heteroatoms. The lowest BCUT2D eigenvalue weighted by molar-refractivity contribution is -0.167. The minimum absolute atomic E-state index is 0.101. The first-order valence-corrected chi connectivity index (χ1v) is 34.7. The molecule has 0 aromatic carbocycles. The van der Waals surface area contributed by atoms with E-state index in [2.05, 4.69) is 118 Å². The van der Waals surface area contributed by atoms with Crippen LogP contribution in [0.3, 0.4) is 0 Å². The highest BCUT2D eigenvalue weighted by Crippen LogP contribution is 2.17. The number of unbranched alkanes of at least 4 members (excludes halogenated alkanes) is 36. The predicted octanol–water partition coefficient (Wildman–Crippen LogP) is 24.0. The van der Waals surface area contributed by atoms with Gasteiger partial charge >= 0.3 is 17.9 Å². The number of hydrogen-bond acceptors (Lipinski definition) is 6. The number of rotatable bonds is 63. The third-order valence-corrected chi connectivity index (χ3v) is 15.1. The van der Waals surface area contributed by atoms with Crippen molar-refractivity contribution in [1.29, 1.82) is 0 Å². The molecule has 0 saturated heterocycles. The molecule has 0 aromatic heterocycles. The van der Waals surface area contributed by atoms with Gasteiger partial charge in [0.05, 0.1) is 0 Å². The summed E-state index contributed by atoms with van der Waals surface area (Å²) in [5, 5.41) is 0. The summed E-state index contributed by atoms with van der Waals surface area (Å²) < 4.78 is 16.9. The number of hydrogen-bond donors (Lipinski definition) is 0. The van der Waals surface area contributed by atoms with Crippen LogP contribution in [0.5, 0.6) is 0 Å². The molecule has 0 amide bonds.